The summed E-state index contributed by atoms with van der Waals surface area (Å²) >= 11 is 0. The van der Waals surface area contributed by atoms with Crippen LogP contribution in [0.2, 0.25) is 0 Å². The molecule has 1 aliphatic rings. The molecule has 1 aromatic rings. The Hall–Kier alpha value is -1.44. The molecule has 0 spiro atoms. The van der Waals surface area contributed by atoms with Crippen LogP contribution >= 0.6 is 0 Å². The second-order valence-electron chi connectivity index (χ2n) is 7.57. The third-order valence-electron chi connectivity index (χ3n) is 5.28. The maximum absolute atomic E-state index is 12.5. The molecule has 0 aliphatic carbocycles. The topological polar surface area (TPSA) is 69.7 Å². The summed E-state index contributed by atoms with van der Waals surface area (Å²) in [5.74, 6) is -0.218. The van der Waals surface area contributed by atoms with Crippen molar-refractivity contribution in [2.75, 3.05) is 40.3 Å². The van der Waals surface area contributed by atoms with Gasteiger partial charge in [0.25, 0.3) is 5.91 Å². The molecule has 1 saturated heterocycles. The zero-order chi connectivity index (χ0) is 20.0. The van der Waals surface area contributed by atoms with E-state index in [1.54, 1.807) is 13.0 Å². The molecule has 152 valence electrons. The molecular formula is C20H33N3O3S. The van der Waals surface area contributed by atoms with Crippen molar-refractivity contribution in [3.05, 3.63) is 28.8 Å². The van der Waals surface area contributed by atoms with Crippen molar-refractivity contribution < 1.29 is 13.2 Å². The predicted molar refractivity (Wildman–Crippen MR) is 109 cm³/mol. The number of aryl methyl sites for hydroxylation is 1. The number of amides is 1. The first-order chi connectivity index (χ1) is 12.7. The van der Waals surface area contributed by atoms with Gasteiger partial charge in [-0.3, -0.25) is 4.79 Å². The van der Waals surface area contributed by atoms with Gasteiger partial charge in [0.1, 0.15) is 0 Å². The summed E-state index contributed by atoms with van der Waals surface area (Å²) in [7, 11) is -0.583. The van der Waals surface area contributed by atoms with Crippen LogP contribution in [0.15, 0.2) is 17.0 Å². The van der Waals surface area contributed by atoms with Crippen LogP contribution in [-0.4, -0.2) is 63.8 Å². The Labute approximate surface area is 164 Å². The van der Waals surface area contributed by atoms with Crippen molar-refractivity contribution in [3.63, 3.8) is 0 Å². The molecule has 0 atom stereocenters. The van der Waals surface area contributed by atoms with E-state index in [9.17, 15) is 13.2 Å². The number of carbonyl (C=O) groups excluding carboxylic acids is 1. The maximum Gasteiger partial charge on any atom is 0.251 e. The Bertz CT molecular complexity index is 752. The van der Waals surface area contributed by atoms with Crippen molar-refractivity contribution in [3.8, 4) is 0 Å². The molecule has 1 aromatic carbocycles. The lowest BCUT2D eigenvalue weighted by molar-refractivity contribution is 0.0951. The summed E-state index contributed by atoms with van der Waals surface area (Å²) in [5, 5.41) is 2.93. The SMILES string of the molecule is Cc1cc(C(=O)NCCCN2CCCCCC2)cc(S(=O)(=O)N(C)C)c1C. The van der Waals surface area contributed by atoms with Gasteiger partial charge in [0.2, 0.25) is 10.0 Å². The molecule has 7 heteroatoms. The van der Waals surface area contributed by atoms with Gasteiger partial charge in [-0.15, -0.1) is 0 Å². The van der Waals surface area contributed by atoms with E-state index in [0.29, 0.717) is 17.7 Å². The fraction of sp³-hybridized carbons (Fsp3) is 0.650. The minimum Gasteiger partial charge on any atom is -0.352 e. The Balaban J connectivity index is 1.99. The van der Waals surface area contributed by atoms with Gasteiger partial charge in [0.05, 0.1) is 4.90 Å². The first-order valence-corrected chi connectivity index (χ1v) is 11.2. The highest BCUT2D eigenvalue weighted by atomic mass is 32.2. The van der Waals surface area contributed by atoms with E-state index < -0.39 is 10.0 Å². The van der Waals surface area contributed by atoms with Gasteiger partial charge in [-0.05, 0) is 76.0 Å². The first kappa shape index (κ1) is 21.9. The Morgan fingerprint density at radius 2 is 1.74 bits per heavy atom. The van der Waals surface area contributed by atoms with Crippen LogP contribution in [0.4, 0.5) is 0 Å². The zero-order valence-corrected chi connectivity index (χ0v) is 17.9. The van der Waals surface area contributed by atoms with E-state index in [4.69, 9.17) is 0 Å². The van der Waals surface area contributed by atoms with Crippen LogP contribution in [0.1, 0.15) is 53.6 Å². The minimum atomic E-state index is -3.58. The van der Waals surface area contributed by atoms with Crippen molar-refractivity contribution in [2.45, 2.75) is 50.8 Å². The van der Waals surface area contributed by atoms with Crippen LogP contribution in [-0.2, 0) is 10.0 Å². The van der Waals surface area contributed by atoms with Gasteiger partial charge in [0, 0.05) is 26.2 Å². The molecule has 1 amide bonds. The summed E-state index contributed by atoms with van der Waals surface area (Å²) < 4.78 is 26.2. The zero-order valence-electron chi connectivity index (χ0n) is 17.0. The molecule has 6 nitrogen and oxygen atoms in total. The smallest absolute Gasteiger partial charge is 0.251 e. The van der Waals surface area contributed by atoms with Crippen LogP contribution < -0.4 is 5.32 Å². The number of likely N-dealkylation sites (tertiary alicyclic amines) is 1. The number of sulfonamides is 1. The first-order valence-electron chi connectivity index (χ1n) is 9.78. The molecule has 1 fully saturated rings. The van der Waals surface area contributed by atoms with Crippen molar-refractivity contribution in [2.24, 2.45) is 0 Å². The molecule has 1 N–H and O–H groups in total. The molecule has 0 aromatic heterocycles. The quantitative estimate of drug-likeness (QED) is 0.721. The minimum absolute atomic E-state index is 0.196. The predicted octanol–water partition coefficient (Wildman–Crippen LogP) is 2.55. The van der Waals surface area contributed by atoms with E-state index in [-0.39, 0.29) is 10.8 Å². The molecule has 0 unspecified atom stereocenters. The van der Waals surface area contributed by atoms with Gasteiger partial charge in [0.15, 0.2) is 0 Å². The largest absolute Gasteiger partial charge is 0.352 e. The summed E-state index contributed by atoms with van der Waals surface area (Å²) in [5.41, 5.74) is 1.88. The van der Waals surface area contributed by atoms with E-state index >= 15 is 0 Å². The summed E-state index contributed by atoms with van der Waals surface area (Å²) in [6, 6.07) is 3.25. The van der Waals surface area contributed by atoms with Crippen LogP contribution in [0.3, 0.4) is 0 Å². The lowest BCUT2D eigenvalue weighted by atomic mass is 10.1. The number of rotatable bonds is 7. The van der Waals surface area contributed by atoms with E-state index in [1.165, 1.54) is 50.2 Å². The fourth-order valence-electron chi connectivity index (χ4n) is 3.39. The monoisotopic (exact) mass is 395 g/mol. The second kappa shape index (κ2) is 9.66. The van der Waals surface area contributed by atoms with Crippen LogP contribution in [0.5, 0.6) is 0 Å². The maximum atomic E-state index is 12.5. The third kappa shape index (κ3) is 5.77. The van der Waals surface area contributed by atoms with Crippen molar-refractivity contribution in [1.82, 2.24) is 14.5 Å². The van der Waals surface area contributed by atoms with Crippen molar-refractivity contribution >= 4 is 15.9 Å². The Morgan fingerprint density at radius 3 is 2.33 bits per heavy atom. The summed E-state index contributed by atoms with van der Waals surface area (Å²) in [6.07, 6.45) is 6.06. The molecule has 0 radical (unpaired) electrons. The molecule has 2 rings (SSSR count). The highest BCUT2D eigenvalue weighted by Crippen LogP contribution is 2.23. The fourth-order valence-corrected chi connectivity index (χ4v) is 4.61. The second-order valence-corrected chi connectivity index (χ2v) is 9.69. The average Bonchev–Trinajstić information content (AvgIpc) is 2.89. The van der Waals surface area contributed by atoms with Gasteiger partial charge in [-0.25, -0.2) is 12.7 Å². The molecule has 1 heterocycles. The number of hydrogen-bond donors (Lipinski definition) is 1. The van der Waals surface area contributed by atoms with Crippen LogP contribution in [0.25, 0.3) is 0 Å². The van der Waals surface area contributed by atoms with Gasteiger partial charge < -0.3 is 10.2 Å². The Kier molecular flexibility index (Phi) is 7.82. The highest BCUT2D eigenvalue weighted by molar-refractivity contribution is 7.89. The molecular weight excluding hydrogens is 362 g/mol. The highest BCUT2D eigenvalue weighted by Gasteiger charge is 2.22. The Morgan fingerprint density at radius 1 is 1.11 bits per heavy atom. The standard InChI is InChI=1S/C20H33N3O3S/c1-16-14-18(15-19(17(16)2)27(25,26)22(3)4)20(24)21-10-9-13-23-11-7-5-6-8-12-23/h14-15H,5-13H2,1-4H3,(H,21,24). The lowest BCUT2D eigenvalue weighted by Crippen LogP contribution is -2.31. The van der Waals surface area contributed by atoms with E-state index in [0.717, 1.165) is 31.6 Å². The summed E-state index contributed by atoms with van der Waals surface area (Å²) in [6.45, 7) is 7.49. The molecule has 0 bridgehead atoms. The van der Waals surface area contributed by atoms with E-state index in [1.807, 2.05) is 6.92 Å². The number of carbonyl (C=O) groups is 1. The molecule has 0 saturated carbocycles. The number of hydrogen-bond acceptors (Lipinski definition) is 4. The third-order valence-corrected chi connectivity index (χ3v) is 7.22. The van der Waals surface area contributed by atoms with Gasteiger partial charge >= 0.3 is 0 Å². The number of benzene rings is 1. The van der Waals surface area contributed by atoms with Crippen molar-refractivity contribution in [1.29, 1.82) is 0 Å². The lowest BCUT2D eigenvalue weighted by Gasteiger charge is -2.19. The molecule has 27 heavy (non-hydrogen) atoms. The van der Waals surface area contributed by atoms with Gasteiger partial charge in [-0.2, -0.15) is 0 Å². The molecule has 1 aliphatic heterocycles. The number of nitrogens with zero attached hydrogens (tertiary/aromatic N) is 2. The normalized spacial score (nSPS) is 16.3. The number of nitrogens with one attached hydrogen (secondary N) is 1. The average molecular weight is 396 g/mol. The summed E-state index contributed by atoms with van der Waals surface area (Å²) in [4.78, 5) is 15.2. The van der Waals surface area contributed by atoms with E-state index in [2.05, 4.69) is 10.2 Å². The van der Waals surface area contributed by atoms with Crippen LogP contribution in [0, 0.1) is 13.8 Å². The van der Waals surface area contributed by atoms with Gasteiger partial charge in [-0.1, -0.05) is 12.8 Å².